The second-order valence-electron chi connectivity index (χ2n) is 4.07. The van der Waals surface area contributed by atoms with Crippen molar-refractivity contribution in [2.24, 2.45) is 7.05 Å². The molecule has 0 radical (unpaired) electrons. The van der Waals surface area contributed by atoms with E-state index in [2.05, 4.69) is 10.1 Å². The second kappa shape index (κ2) is 4.14. The lowest BCUT2D eigenvalue weighted by molar-refractivity contribution is 0.101. The molecule has 4 nitrogen and oxygen atoms in total. The van der Waals surface area contributed by atoms with E-state index in [9.17, 15) is 4.79 Å². The van der Waals surface area contributed by atoms with Gasteiger partial charge in [0.2, 0.25) is 0 Å². The fraction of sp³-hybridized carbons (Fsp3) is 0.417. The van der Waals surface area contributed by atoms with Gasteiger partial charge in [-0.15, -0.1) is 11.8 Å². The molecule has 0 spiro atoms. The maximum absolute atomic E-state index is 11.7. The van der Waals surface area contributed by atoms with Crippen molar-refractivity contribution >= 4 is 28.6 Å². The molecular formula is C12H15N3OS. The topological polar surface area (TPSA) is 47.8 Å². The molecule has 0 aliphatic rings. The van der Waals surface area contributed by atoms with Gasteiger partial charge in [-0.25, -0.2) is 4.98 Å². The van der Waals surface area contributed by atoms with Crippen molar-refractivity contribution in [1.29, 1.82) is 0 Å². The molecule has 2 aromatic heterocycles. The zero-order chi connectivity index (χ0) is 12.7. The van der Waals surface area contributed by atoms with E-state index in [4.69, 9.17) is 0 Å². The van der Waals surface area contributed by atoms with E-state index in [1.54, 1.807) is 23.4 Å². The SMILES string of the molecule is CSc1c(C(C)=O)c(C)nc2c1c(C)nn2C. The lowest BCUT2D eigenvalue weighted by atomic mass is 10.1. The fourth-order valence-corrected chi connectivity index (χ4v) is 3.10. The summed E-state index contributed by atoms with van der Waals surface area (Å²) in [7, 11) is 1.87. The summed E-state index contributed by atoms with van der Waals surface area (Å²) in [4.78, 5) is 17.2. The van der Waals surface area contributed by atoms with Crippen LogP contribution < -0.4 is 0 Å². The van der Waals surface area contributed by atoms with Crippen molar-refractivity contribution in [2.45, 2.75) is 25.7 Å². The molecule has 0 bridgehead atoms. The number of aromatic nitrogens is 3. The second-order valence-corrected chi connectivity index (χ2v) is 4.89. The van der Waals surface area contributed by atoms with Crippen LogP contribution >= 0.6 is 11.8 Å². The minimum absolute atomic E-state index is 0.0597. The van der Waals surface area contributed by atoms with Crippen LogP contribution in [0.4, 0.5) is 0 Å². The smallest absolute Gasteiger partial charge is 0.162 e. The van der Waals surface area contributed by atoms with Crippen LogP contribution in [0.5, 0.6) is 0 Å². The van der Waals surface area contributed by atoms with Gasteiger partial charge in [-0.2, -0.15) is 5.10 Å². The molecule has 0 aromatic carbocycles. The highest BCUT2D eigenvalue weighted by molar-refractivity contribution is 7.99. The van der Waals surface area contributed by atoms with Crippen molar-refractivity contribution in [2.75, 3.05) is 6.26 Å². The van der Waals surface area contributed by atoms with Gasteiger partial charge in [0, 0.05) is 11.9 Å². The van der Waals surface area contributed by atoms with Crippen molar-refractivity contribution < 1.29 is 4.79 Å². The van der Waals surface area contributed by atoms with Gasteiger partial charge in [0.05, 0.1) is 22.3 Å². The molecule has 90 valence electrons. The summed E-state index contributed by atoms with van der Waals surface area (Å²) in [5.74, 6) is 0.0597. The summed E-state index contributed by atoms with van der Waals surface area (Å²) >= 11 is 1.58. The minimum atomic E-state index is 0.0597. The quantitative estimate of drug-likeness (QED) is 0.606. The van der Waals surface area contributed by atoms with E-state index in [1.165, 1.54) is 0 Å². The maximum atomic E-state index is 11.7. The lowest BCUT2D eigenvalue weighted by Crippen LogP contribution is -2.03. The number of pyridine rings is 1. The maximum Gasteiger partial charge on any atom is 0.162 e. The Labute approximate surface area is 104 Å². The number of hydrogen-bond acceptors (Lipinski definition) is 4. The van der Waals surface area contributed by atoms with E-state index in [-0.39, 0.29) is 5.78 Å². The largest absolute Gasteiger partial charge is 0.294 e. The molecule has 0 saturated carbocycles. The van der Waals surface area contributed by atoms with E-state index in [0.717, 1.165) is 32.9 Å². The Bertz CT molecular complexity index is 616. The summed E-state index contributed by atoms with van der Waals surface area (Å²) in [6.07, 6.45) is 1.98. The number of nitrogens with zero attached hydrogens (tertiary/aromatic N) is 3. The Morgan fingerprint density at radius 2 is 1.94 bits per heavy atom. The number of rotatable bonds is 2. The highest BCUT2D eigenvalue weighted by atomic mass is 32.2. The third kappa shape index (κ3) is 1.74. The van der Waals surface area contributed by atoms with Crippen molar-refractivity contribution in [3.8, 4) is 0 Å². The van der Waals surface area contributed by atoms with E-state index in [1.807, 2.05) is 27.2 Å². The lowest BCUT2D eigenvalue weighted by Gasteiger charge is -2.09. The average molecular weight is 249 g/mol. The first-order valence-corrected chi connectivity index (χ1v) is 6.58. The fourth-order valence-electron chi connectivity index (χ4n) is 2.16. The number of hydrogen-bond donors (Lipinski definition) is 0. The Kier molecular flexibility index (Phi) is 2.95. The van der Waals surface area contributed by atoms with E-state index >= 15 is 0 Å². The highest BCUT2D eigenvalue weighted by Gasteiger charge is 2.19. The normalized spacial score (nSPS) is 11.1. The number of Topliss-reactive ketones (excluding diaryl/α,β-unsaturated/α-hetero) is 1. The molecule has 0 atom stereocenters. The Morgan fingerprint density at radius 3 is 2.47 bits per heavy atom. The Hall–Kier alpha value is -1.36. The van der Waals surface area contributed by atoms with Gasteiger partial charge >= 0.3 is 0 Å². The molecule has 0 fully saturated rings. The molecule has 0 N–H and O–H groups in total. The molecule has 0 saturated heterocycles. The van der Waals surface area contributed by atoms with Crippen LogP contribution in [-0.2, 0) is 7.05 Å². The van der Waals surface area contributed by atoms with Crippen LogP contribution in [0.3, 0.4) is 0 Å². The molecule has 2 heterocycles. The number of fused-ring (bicyclic) bond motifs is 1. The monoisotopic (exact) mass is 249 g/mol. The van der Waals surface area contributed by atoms with Gasteiger partial charge in [0.15, 0.2) is 11.4 Å². The molecule has 0 unspecified atom stereocenters. The predicted octanol–water partition coefficient (Wildman–Crippen LogP) is 2.51. The number of aryl methyl sites for hydroxylation is 3. The summed E-state index contributed by atoms with van der Waals surface area (Å²) < 4.78 is 1.77. The minimum Gasteiger partial charge on any atom is -0.294 e. The van der Waals surface area contributed by atoms with Crippen LogP contribution in [0.1, 0.15) is 28.7 Å². The van der Waals surface area contributed by atoms with Crippen molar-refractivity contribution in [1.82, 2.24) is 14.8 Å². The third-order valence-electron chi connectivity index (χ3n) is 2.84. The number of ketones is 1. The zero-order valence-corrected chi connectivity index (χ0v) is 11.5. The van der Waals surface area contributed by atoms with Gasteiger partial charge in [-0.1, -0.05) is 0 Å². The van der Waals surface area contributed by atoms with Gasteiger partial charge in [0.25, 0.3) is 0 Å². The first-order valence-electron chi connectivity index (χ1n) is 5.36. The molecular weight excluding hydrogens is 234 g/mol. The first kappa shape index (κ1) is 12.1. The number of carbonyl (C=O) groups is 1. The first-order chi connectivity index (χ1) is 7.97. The summed E-state index contributed by atoms with van der Waals surface area (Å²) in [5.41, 5.74) is 3.26. The van der Waals surface area contributed by atoms with Crippen molar-refractivity contribution in [3.63, 3.8) is 0 Å². The molecule has 2 rings (SSSR count). The molecule has 0 amide bonds. The average Bonchev–Trinajstić information content (AvgIpc) is 2.52. The Morgan fingerprint density at radius 1 is 1.29 bits per heavy atom. The van der Waals surface area contributed by atoms with E-state index in [0.29, 0.717) is 0 Å². The number of thioether (sulfide) groups is 1. The van der Waals surface area contributed by atoms with Crippen molar-refractivity contribution in [3.05, 3.63) is 17.0 Å². The van der Waals surface area contributed by atoms with Crippen LogP contribution in [-0.4, -0.2) is 26.8 Å². The predicted molar refractivity (Wildman–Crippen MR) is 69.8 cm³/mol. The summed E-state index contributed by atoms with van der Waals surface area (Å²) in [5, 5.41) is 5.37. The standard InChI is InChI=1S/C12H15N3OS/c1-6-9(8(3)16)11(17-5)10-7(2)14-15(4)12(10)13-6/h1-5H3. The molecule has 17 heavy (non-hydrogen) atoms. The van der Waals surface area contributed by atoms with Gasteiger partial charge < -0.3 is 0 Å². The summed E-state index contributed by atoms with van der Waals surface area (Å²) in [6, 6.07) is 0. The van der Waals surface area contributed by atoms with Crippen LogP contribution in [0, 0.1) is 13.8 Å². The Balaban J connectivity index is 2.99. The summed E-state index contributed by atoms with van der Waals surface area (Å²) in [6.45, 7) is 5.41. The molecule has 0 aliphatic heterocycles. The van der Waals surface area contributed by atoms with Crippen LogP contribution in [0.2, 0.25) is 0 Å². The zero-order valence-electron chi connectivity index (χ0n) is 10.7. The van der Waals surface area contributed by atoms with E-state index < -0.39 is 0 Å². The van der Waals surface area contributed by atoms with Crippen LogP contribution in [0.15, 0.2) is 4.90 Å². The third-order valence-corrected chi connectivity index (χ3v) is 3.65. The van der Waals surface area contributed by atoms with Gasteiger partial charge in [-0.05, 0) is 27.0 Å². The molecule has 0 aliphatic carbocycles. The van der Waals surface area contributed by atoms with Gasteiger partial charge in [0.1, 0.15) is 0 Å². The highest BCUT2D eigenvalue weighted by Crippen LogP contribution is 2.32. The molecule has 5 heteroatoms. The van der Waals surface area contributed by atoms with Gasteiger partial charge in [-0.3, -0.25) is 9.48 Å². The van der Waals surface area contributed by atoms with Crippen LogP contribution in [0.25, 0.3) is 11.0 Å². The molecule has 2 aromatic rings. The number of carbonyl (C=O) groups excluding carboxylic acids is 1.